The number of benzene rings is 1. The Bertz CT molecular complexity index is 1160. The first-order chi connectivity index (χ1) is 13.9. The zero-order valence-corrected chi connectivity index (χ0v) is 17.4. The van der Waals surface area contributed by atoms with Crippen LogP contribution < -0.4 is 10.5 Å². The quantitative estimate of drug-likeness (QED) is 0.609. The minimum absolute atomic E-state index is 0.152. The van der Waals surface area contributed by atoms with Gasteiger partial charge in [-0.05, 0) is 12.5 Å². The summed E-state index contributed by atoms with van der Waals surface area (Å²) in [5.74, 6) is 0.849. The average molecular weight is 414 g/mol. The molecule has 4 rings (SSSR count). The number of fused-ring (bicyclic) bond motifs is 1. The van der Waals surface area contributed by atoms with Crippen LogP contribution in [-0.2, 0) is 16.4 Å². The summed E-state index contributed by atoms with van der Waals surface area (Å²) in [6.07, 6.45) is 3.18. The van der Waals surface area contributed by atoms with Crippen molar-refractivity contribution in [2.24, 2.45) is 0 Å². The second-order valence-electron chi connectivity index (χ2n) is 6.27. The summed E-state index contributed by atoms with van der Waals surface area (Å²) >= 11 is 0. The van der Waals surface area contributed by atoms with E-state index in [9.17, 15) is 13.2 Å². The Morgan fingerprint density at radius 2 is 1.72 bits per heavy atom. The van der Waals surface area contributed by atoms with E-state index in [2.05, 4.69) is 15.0 Å². The van der Waals surface area contributed by atoms with Gasteiger partial charge in [-0.2, -0.15) is 0 Å². The standard InChI is InChI=1S/C18H17N5O3S.C2H6/c1-27(25,26)17-19-9-8-15(21-17)22-10-5-11-23-16(24)12-14(20-18(22)23)13-6-3-2-4-7-13;1-2/h2-4,6-9,12H,5,10-11H2,1H3;1-2H3. The van der Waals surface area contributed by atoms with Gasteiger partial charge in [0.2, 0.25) is 20.9 Å². The summed E-state index contributed by atoms with van der Waals surface area (Å²) in [7, 11) is -3.54. The molecule has 0 aliphatic carbocycles. The van der Waals surface area contributed by atoms with Gasteiger partial charge in [0, 0.05) is 37.2 Å². The van der Waals surface area contributed by atoms with Crippen LogP contribution in [0.4, 0.5) is 11.8 Å². The molecule has 1 aliphatic heterocycles. The van der Waals surface area contributed by atoms with Gasteiger partial charge in [-0.3, -0.25) is 14.3 Å². The van der Waals surface area contributed by atoms with Crippen LogP contribution >= 0.6 is 0 Å². The van der Waals surface area contributed by atoms with Crippen LogP contribution in [0.3, 0.4) is 0 Å². The largest absolute Gasteiger partial charge is 0.296 e. The fraction of sp³-hybridized carbons (Fsp3) is 0.300. The van der Waals surface area contributed by atoms with Gasteiger partial charge >= 0.3 is 0 Å². The SMILES string of the molecule is CC.CS(=O)(=O)c1nccc(N2CCCn3c2nc(-c2ccccc2)cc3=O)n1. The van der Waals surface area contributed by atoms with Gasteiger partial charge in [0.1, 0.15) is 5.82 Å². The maximum absolute atomic E-state index is 12.6. The summed E-state index contributed by atoms with van der Waals surface area (Å²) in [5.41, 5.74) is 1.25. The first-order valence-electron chi connectivity index (χ1n) is 9.41. The van der Waals surface area contributed by atoms with E-state index in [0.29, 0.717) is 30.5 Å². The smallest absolute Gasteiger partial charge is 0.255 e. The number of hydrogen-bond acceptors (Lipinski definition) is 7. The lowest BCUT2D eigenvalue weighted by Gasteiger charge is -2.30. The van der Waals surface area contributed by atoms with E-state index in [1.807, 2.05) is 44.2 Å². The van der Waals surface area contributed by atoms with Crippen molar-refractivity contribution < 1.29 is 8.42 Å². The third kappa shape index (κ3) is 4.34. The van der Waals surface area contributed by atoms with Gasteiger partial charge in [-0.25, -0.2) is 23.4 Å². The number of aromatic nitrogens is 4. The normalized spacial score (nSPS) is 13.3. The molecule has 8 nitrogen and oxygen atoms in total. The van der Waals surface area contributed by atoms with Gasteiger partial charge in [-0.1, -0.05) is 44.2 Å². The molecule has 0 radical (unpaired) electrons. The molecule has 0 atom stereocenters. The molecule has 0 bridgehead atoms. The number of sulfone groups is 1. The molecule has 29 heavy (non-hydrogen) atoms. The van der Waals surface area contributed by atoms with E-state index in [4.69, 9.17) is 0 Å². The lowest BCUT2D eigenvalue weighted by Crippen LogP contribution is -2.36. The molecule has 1 aliphatic rings. The Morgan fingerprint density at radius 1 is 1.00 bits per heavy atom. The highest BCUT2D eigenvalue weighted by Gasteiger charge is 2.24. The first-order valence-corrected chi connectivity index (χ1v) is 11.3. The molecule has 0 N–H and O–H groups in total. The van der Waals surface area contributed by atoms with E-state index in [-0.39, 0.29) is 10.7 Å². The summed E-state index contributed by atoms with van der Waals surface area (Å²) < 4.78 is 25.2. The number of anilines is 2. The van der Waals surface area contributed by atoms with Gasteiger partial charge in [0.15, 0.2) is 0 Å². The van der Waals surface area contributed by atoms with Gasteiger partial charge < -0.3 is 0 Å². The molecule has 0 amide bonds. The van der Waals surface area contributed by atoms with Gasteiger partial charge in [-0.15, -0.1) is 0 Å². The molecular weight excluding hydrogens is 390 g/mol. The lowest BCUT2D eigenvalue weighted by molar-refractivity contribution is 0.559. The van der Waals surface area contributed by atoms with Crippen LogP contribution in [0, 0.1) is 0 Å². The van der Waals surface area contributed by atoms with Crippen LogP contribution in [0.25, 0.3) is 11.3 Å². The molecule has 0 unspecified atom stereocenters. The summed E-state index contributed by atoms with van der Waals surface area (Å²) in [5, 5.41) is -0.251. The highest BCUT2D eigenvalue weighted by molar-refractivity contribution is 7.90. The van der Waals surface area contributed by atoms with Crippen LogP contribution in [0.1, 0.15) is 20.3 Å². The van der Waals surface area contributed by atoms with Crippen molar-refractivity contribution in [2.45, 2.75) is 32.0 Å². The molecule has 9 heteroatoms. The summed E-state index contributed by atoms with van der Waals surface area (Å²) in [6, 6.07) is 12.6. The van der Waals surface area contributed by atoms with Crippen molar-refractivity contribution in [3.63, 3.8) is 0 Å². The lowest BCUT2D eigenvalue weighted by atomic mass is 10.1. The Morgan fingerprint density at radius 3 is 2.41 bits per heavy atom. The van der Waals surface area contributed by atoms with Crippen molar-refractivity contribution in [1.82, 2.24) is 19.5 Å². The second-order valence-corrected chi connectivity index (χ2v) is 8.18. The third-order valence-electron chi connectivity index (χ3n) is 4.29. The molecule has 0 spiro atoms. The van der Waals surface area contributed by atoms with Crippen LogP contribution in [0.2, 0.25) is 0 Å². The Kier molecular flexibility index (Phi) is 6.07. The Labute approximate surface area is 169 Å². The predicted molar refractivity (Wildman–Crippen MR) is 112 cm³/mol. The van der Waals surface area contributed by atoms with E-state index in [1.54, 1.807) is 15.5 Å². The average Bonchev–Trinajstić information content (AvgIpc) is 2.75. The molecule has 152 valence electrons. The predicted octanol–water partition coefficient (Wildman–Crippen LogP) is 2.67. The number of rotatable bonds is 3. The van der Waals surface area contributed by atoms with E-state index < -0.39 is 9.84 Å². The second kappa shape index (κ2) is 8.52. The van der Waals surface area contributed by atoms with Gasteiger partial charge in [0.05, 0.1) is 5.69 Å². The van der Waals surface area contributed by atoms with Crippen molar-refractivity contribution >= 4 is 21.6 Å². The van der Waals surface area contributed by atoms with E-state index in [0.717, 1.165) is 18.2 Å². The zero-order chi connectivity index (χ0) is 21.0. The van der Waals surface area contributed by atoms with Crippen molar-refractivity contribution in [1.29, 1.82) is 0 Å². The molecule has 2 aromatic heterocycles. The van der Waals surface area contributed by atoms with Crippen LogP contribution in [0.15, 0.2) is 58.6 Å². The molecule has 3 aromatic rings. The molecule has 0 saturated carbocycles. The molecule has 1 aromatic carbocycles. The van der Waals surface area contributed by atoms with Crippen molar-refractivity contribution in [3.8, 4) is 11.3 Å². The molecule has 3 heterocycles. The fourth-order valence-corrected chi connectivity index (χ4v) is 3.54. The maximum atomic E-state index is 12.6. The Hall–Kier alpha value is -3.07. The van der Waals surface area contributed by atoms with Crippen LogP contribution in [-0.4, -0.2) is 40.7 Å². The molecule has 0 fully saturated rings. The first kappa shape index (κ1) is 20.7. The maximum Gasteiger partial charge on any atom is 0.255 e. The summed E-state index contributed by atoms with van der Waals surface area (Å²) in [4.78, 5) is 27.1. The number of hydrogen-bond donors (Lipinski definition) is 0. The minimum Gasteiger partial charge on any atom is -0.296 e. The highest BCUT2D eigenvalue weighted by Crippen LogP contribution is 2.27. The van der Waals surface area contributed by atoms with Crippen molar-refractivity contribution in [2.75, 3.05) is 17.7 Å². The van der Waals surface area contributed by atoms with Crippen LogP contribution in [0.5, 0.6) is 0 Å². The third-order valence-corrected chi connectivity index (χ3v) is 5.15. The topological polar surface area (TPSA) is 98.0 Å². The van der Waals surface area contributed by atoms with E-state index in [1.165, 1.54) is 12.3 Å². The van der Waals surface area contributed by atoms with Crippen molar-refractivity contribution in [3.05, 3.63) is 59.0 Å². The zero-order valence-electron chi connectivity index (χ0n) is 16.6. The highest BCUT2D eigenvalue weighted by atomic mass is 32.2. The summed E-state index contributed by atoms with van der Waals surface area (Å²) in [6.45, 7) is 5.13. The van der Waals surface area contributed by atoms with Gasteiger partial charge in [0.25, 0.3) is 5.56 Å². The van der Waals surface area contributed by atoms with E-state index >= 15 is 0 Å². The Balaban J connectivity index is 0.00000117. The number of nitrogens with zero attached hydrogens (tertiary/aromatic N) is 5. The molecular formula is C20H23N5O3S. The fourth-order valence-electron chi connectivity index (χ4n) is 3.03. The molecule has 0 saturated heterocycles. The monoisotopic (exact) mass is 413 g/mol. The minimum atomic E-state index is -3.54.